The van der Waals surface area contributed by atoms with Gasteiger partial charge in [-0.05, 0) is 38.0 Å². The number of carbonyl (C=O) groups is 3. The van der Waals surface area contributed by atoms with Crippen molar-refractivity contribution in [3.8, 4) is 0 Å². The highest BCUT2D eigenvalue weighted by atomic mass is 16.5. The van der Waals surface area contributed by atoms with E-state index in [1.54, 1.807) is 7.11 Å². The van der Waals surface area contributed by atoms with Crippen molar-refractivity contribution in [2.24, 2.45) is 11.8 Å². The monoisotopic (exact) mass is 294 g/mol. The number of hydrogen-bond acceptors (Lipinski definition) is 4. The van der Waals surface area contributed by atoms with E-state index in [1.165, 1.54) is 4.90 Å². The van der Waals surface area contributed by atoms with E-state index in [4.69, 9.17) is 4.74 Å². The fourth-order valence-corrected chi connectivity index (χ4v) is 4.02. The number of methoxy groups -OCH3 is 1. The molecule has 2 aliphatic carbocycles. The maximum atomic E-state index is 12.7. The number of ether oxygens (including phenoxy) is 1. The highest BCUT2D eigenvalue weighted by Gasteiger charge is 2.48. The number of imide groups is 2. The number of amides is 4. The lowest BCUT2D eigenvalue weighted by molar-refractivity contribution is -0.146. The predicted molar refractivity (Wildman–Crippen MR) is 74.3 cm³/mol. The topological polar surface area (TPSA) is 75.7 Å². The third kappa shape index (κ3) is 2.57. The van der Waals surface area contributed by atoms with Gasteiger partial charge >= 0.3 is 6.03 Å². The molecule has 116 valence electrons. The summed E-state index contributed by atoms with van der Waals surface area (Å²) in [7, 11) is 1.65. The lowest BCUT2D eigenvalue weighted by Gasteiger charge is -2.36. The van der Waals surface area contributed by atoms with Crippen molar-refractivity contribution >= 4 is 17.8 Å². The van der Waals surface area contributed by atoms with E-state index in [2.05, 4.69) is 5.32 Å². The molecule has 21 heavy (non-hydrogen) atoms. The van der Waals surface area contributed by atoms with Crippen LogP contribution in [0.5, 0.6) is 0 Å². The number of nitrogens with one attached hydrogen (secondary N) is 1. The van der Waals surface area contributed by atoms with Crippen LogP contribution in [0.4, 0.5) is 4.79 Å². The Bertz CT molecular complexity index is 459. The van der Waals surface area contributed by atoms with E-state index in [0.717, 1.165) is 38.5 Å². The Morgan fingerprint density at radius 3 is 2.43 bits per heavy atom. The van der Waals surface area contributed by atoms with Crippen LogP contribution in [0.2, 0.25) is 0 Å². The van der Waals surface area contributed by atoms with Crippen LogP contribution in [0, 0.1) is 11.8 Å². The number of nitrogens with zero attached hydrogens (tertiary/aromatic N) is 1. The molecule has 0 spiro atoms. The fourth-order valence-electron chi connectivity index (χ4n) is 4.02. The number of urea groups is 1. The Morgan fingerprint density at radius 1 is 1.10 bits per heavy atom. The summed E-state index contributed by atoms with van der Waals surface area (Å²) in [5.74, 6) is -1.29. The van der Waals surface area contributed by atoms with Crippen LogP contribution >= 0.6 is 0 Å². The molecule has 0 aromatic rings. The number of rotatable bonds is 3. The standard InChI is InChI=1S/C15H22N2O4/c1-21-11-7-6-10(8-11)17-14(19)12(9-4-2-3-5-9)13(18)16-15(17)20/h9-12H,2-8H2,1H3,(H,16,18,20). The van der Waals surface area contributed by atoms with Gasteiger partial charge in [0.2, 0.25) is 11.8 Å². The van der Waals surface area contributed by atoms with Gasteiger partial charge in [-0.1, -0.05) is 12.8 Å². The van der Waals surface area contributed by atoms with E-state index >= 15 is 0 Å². The van der Waals surface area contributed by atoms with Gasteiger partial charge in [0.15, 0.2) is 0 Å². The molecule has 0 aromatic heterocycles. The van der Waals surface area contributed by atoms with Gasteiger partial charge in [-0.15, -0.1) is 0 Å². The van der Waals surface area contributed by atoms with Crippen LogP contribution in [-0.2, 0) is 14.3 Å². The van der Waals surface area contributed by atoms with Crippen LogP contribution in [0.15, 0.2) is 0 Å². The summed E-state index contributed by atoms with van der Waals surface area (Å²) < 4.78 is 5.31. The Hall–Kier alpha value is -1.43. The molecule has 6 heteroatoms. The zero-order chi connectivity index (χ0) is 15.0. The Labute approximate surface area is 124 Å². The molecule has 3 atom stereocenters. The molecular weight excluding hydrogens is 272 g/mol. The van der Waals surface area contributed by atoms with Crippen molar-refractivity contribution in [2.75, 3.05) is 7.11 Å². The van der Waals surface area contributed by atoms with Crippen molar-refractivity contribution in [1.29, 1.82) is 0 Å². The average Bonchev–Trinajstić information content (AvgIpc) is 3.09. The van der Waals surface area contributed by atoms with Crippen molar-refractivity contribution < 1.29 is 19.1 Å². The molecule has 1 N–H and O–H groups in total. The van der Waals surface area contributed by atoms with E-state index in [1.807, 2.05) is 0 Å². The molecule has 3 unspecified atom stereocenters. The number of barbiturate groups is 1. The summed E-state index contributed by atoms with van der Waals surface area (Å²) in [5.41, 5.74) is 0. The average molecular weight is 294 g/mol. The highest BCUT2D eigenvalue weighted by Crippen LogP contribution is 2.36. The maximum Gasteiger partial charge on any atom is 0.331 e. The van der Waals surface area contributed by atoms with Gasteiger partial charge in [0.1, 0.15) is 5.92 Å². The molecule has 3 fully saturated rings. The van der Waals surface area contributed by atoms with Gasteiger partial charge in [0.05, 0.1) is 6.10 Å². The third-order valence-electron chi connectivity index (χ3n) is 5.16. The van der Waals surface area contributed by atoms with E-state index in [9.17, 15) is 14.4 Å². The molecule has 1 saturated heterocycles. The molecule has 1 aliphatic heterocycles. The lowest BCUT2D eigenvalue weighted by atomic mass is 9.87. The SMILES string of the molecule is COC1CCC(N2C(=O)NC(=O)C(C3CCCC3)C2=O)C1. The van der Waals surface area contributed by atoms with Crippen LogP contribution in [-0.4, -0.2) is 42.0 Å². The first-order valence-electron chi connectivity index (χ1n) is 7.82. The quantitative estimate of drug-likeness (QED) is 0.799. The number of hydrogen-bond donors (Lipinski definition) is 1. The van der Waals surface area contributed by atoms with Gasteiger partial charge in [-0.25, -0.2) is 4.79 Å². The smallest absolute Gasteiger partial charge is 0.331 e. The normalized spacial score (nSPS) is 34.6. The second kappa shape index (κ2) is 5.75. The lowest BCUT2D eigenvalue weighted by Crippen LogP contribution is -2.61. The van der Waals surface area contributed by atoms with Crippen LogP contribution in [0.25, 0.3) is 0 Å². The Morgan fingerprint density at radius 2 is 1.81 bits per heavy atom. The Balaban J connectivity index is 1.78. The first-order valence-corrected chi connectivity index (χ1v) is 7.82. The molecule has 1 heterocycles. The van der Waals surface area contributed by atoms with Crippen LogP contribution in [0.1, 0.15) is 44.9 Å². The van der Waals surface area contributed by atoms with Crippen molar-refractivity contribution in [2.45, 2.75) is 57.1 Å². The molecule has 0 bridgehead atoms. The second-order valence-electron chi connectivity index (χ2n) is 6.35. The summed E-state index contributed by atoms with van der Waals surface area (Å²) in [6.07, 6.45) is 6.28. The molecule has 0 aromatic carbocycles. The predicted octanol–water partition coefficient (Wildman–Crippen LogP) is 1.44. The number of carbonyl (C=O) groups excluding carboxylic acids is 3. The first-order chi connectivity index (χ1) is 10.1. The summed E-state index contributed by atoms with van der Waals surface area (Å²) >= 11 is 0. The molecule has 3 rings (SSSR count). The van der Waals surface area contributed by atoms with Gasteiger partial charge in [-0.2, -0.15) is 0 Å². The summed E-state index contributed by atoms with van der Waals surface area (Å²) in [4.78, 5) is 38.2. The van der Waals surface area contributed by atoms with Crippen molar-refractivity contribution in [3.63, 3.8) is 0 Å². The maximum absolute atomic E-state index is 12.7. The summed E-state index contributed by atoms with van der Waals surface area (Å²) in [5, 5.41) is 2.38. The molecule has 4 amide bonds. The van der Waals surface area contributed by atoms with Crippen LogP contribution in [0.3, 0.4) is 0 Å². The fraction of sp³-hybridized carbons (Fsp3) is 0.800. The molecule has 6 nitrogen and oxygen atoms in total. The zero-order valence-electron chi connectivity index (χ0n) is 12.3. The molecule has 0 radical (unpaired) electrons. The third-order valence-corrected chi connectivity index (χ3v) is 5.16. The van der Waals surface area contributed by atoms with Crippen molar-refractivity contribution in [3.05, 3.63) is 0 Å². The van der Waals surface area contributed by atoms with E-state index in [-0.39, 0.29) is 24.0 Å². The first kappa shape index (κ1) is 14.5. The summed E-state index contributed by atoms with van der Waals surface area (Å²) in [6.45, 7) is 0. The molecule has 3 aliphatic rings. The minimum Gasteiger partial charge on any atom is -0.381 e. The summed E-state index contributed by atoms with van der Waals surface area (Å²) in [6, 6.07) is -0.694. The second-order valence-corrected chi connectivity index (χ2v) is 6.35. The van der Waals surface area contributed by atoms with Crippen molar-refractivity contribution in [1.82, 2.24) is 10.2 Å². The zero-order valence-corrected chi connectivity index (χ0v) is 12.3. The highest BCUT2D eigenvalue weighted by molar-refractivity contribution is 6.16. The van der Waals surface area contributed by atoms with E-state index < -0.39 is 17.9 Å². The largest absolute Gasteiger partial charge is 0.381 e. The van der Waals surface area contributed by atoms with Gasteiger partial charge < -0.3 is 4.74 Å². The van der Waals surface area contributed by atoms with Gasteiger partial charge in [-0.3, -0.25) is 19.8 Å². The minimum atomic E-state index is -0.674. The molecular formula is C15H22N2O4. The van der Waals surface area contributed by atoms with E-state index in [0.29, 0.717) is 6.42 Å². The molecule has 2 saturated carbocycles. The van der Waals surface area contributed by atoms with Crippen LogP contribution < -0.4 is 5.32 Å². The Kier molecular flexibility index (Phi) is 3.97. The van der Waals surface area contributed by atoms with Gasteiger partial charge in [0, 0.05) is 13.2 Å². The van der Waals surface area contributed by atoms with Gasteiger partial charge in [0.25, 0.3) is 0 Å². The minimum absolute atomic E-state index is 0.0905.